The molecule has 0 aliphatic heterocycles. The first kappa shape index (κ1) is 13.7. The van der Waals surface area contributed by atoms with E-state index in [0.29, 0.717) is 17.2 Å². The van der Waals surface area contributed by atoms with E-state index in [0.717, 1.165) is 21.0 Å². The van der Waals surface area contributed by atoms with E-state index in [1.54, 1.807) is 0 Å². The second-order valence-electron chi connectivity index (χ2n) is 4.65. The van der Waals surface area contributed by atoms with Crippen LogP contribution in [0.5, 0.6) is 0 Å². The largest absolute Gasteiger partial charge is 0.457 e. The van der Waals surface area contributed by atoms with E-state index in [9.17, 15) is 5.11 Å². The Labute approximate surface area is 130 Å². The third-order valence-electron chi connectivity index (χ3n) is 3.19. The Hall–Kier alpha value is -1.29. The summed E-state index contributed by atoms with van der Waals surface area (Å²) in [5.74, 6) is 0.571. The molecule has 1 heterocycles. The van der Waals surface area contributed by atoms with Crippen LogP contribution >= 0.6 is 27.5 Å². The maximum atomic E-state index is 10.3. The normalized spacial score (nSPS) is 12.8. The Bertz CT molecular complexity index is 734. The van der Waals surface area contributed by atoms with Crippen LogP contribution in [-0.2, 0) is 6.42 Å². The van der Waals surface area contributed by atoms with Crippen LogP contribution in [0.1, 0.15) is 17.4 Å². The van der Waals surface area contributed by atoms with Crippen molar-refractivity contribution in [2.45, 2.75) is 12.5 Å². The van der Waals surface area contributed by atoms with Gasteiger partial charge in [-0.15, -0.1) is 0 Å². The third kappa shape index (κ3) is 2.75. The van der Waals surface area contributed by atoms with Crippen molar-refractivity contribution in [1.82, 2.24) is 0 Å². The Morgan fingerprint density at radius 2 is 1.90 bits per heavy atom. The zero-order valence-corrected chi connectivity index (χ0v) is 12.9. The Kier molecular flexibility index (Phi) is 3.83. The zero-order valence-electron chi connectivity index (χ0n) is 10.5. The number of benzene rings is 2. The number of para-hydroxylation sites is 1. The summed E-state index contributed by atoms with van der Waals surface area (Å²) in [4.78, 5) is 0. The van der Waals surface area contributed by atoms with Crippen LogP contribution in [0.4, 0.5) is 0 Å². The van der Waals surface area contributed by atoms with Gasteiger partial charge in [-0.3, -0.25) is 0 Å². The second kappa shape index (κ2) is 5.60. The number of aliphatic hydroxyl groups is 1. The molecular formula is C16H12BrClO2. The highest BCUT2D eigenvalue weighted by Crippen LogP contribution is 2.30. The van der Waals surface area contributed by atoms with E-state index in [-0.39, 0.29) is 0 Å². The van der Waals surface area contributed by atoms with Crippen molar-refractivity contribution >= 4 is 38.5 Å². The molecule has 2 nitrogen and oxygen atoms in total. The van der Waals surface area contributed by atoms with Crippen LogP contribution in [0.15, 0.2) is 57.4 Å². The highest BCUT2D eigenvalue weighted by atomic mass is 79.9. The molecule has 1 aromatic heterocycles. The smallest absolute Gasteiger partial charge is 0.148 e. The summed E-state index contributed by atoms with van der Waals surface area (Å²) < 4.78 is 6.62. The molecule has 2 aromatic carbocycles. The van der Waals surface area contributed by atoms with Crippen molar-refractivity contribution in [3.05, 3.63) is 69.3 Å². The summed E-state index contributed by atoms with van der Waals surface area (Å²) in [6.07, 6.45) is -0.176. The Morgan fingerprint density at radius 1 is 1.15 bits per heavy atom. The summed E-state index contributed by atoms with van der Waals surface area (Å²) >= 11 is 9.29. The Balaban J connectivity index is 1.86. The van der Waals surface area contributed by atoms with E-state index in [2.05, 4.69) is 15.9 Å². The van der Waals surface area contributed by atoms with Crippen molar-refractivity contribution in [3.8, 4) is 0 Å². The standard InChI is InChI=1S/C16H12BrClO2/c17-13-3-1-2-11-9-15(20-16(11)13)14(19)8-10-4-6-12(18)7-5-10/h1-7,9,14,19H,8H2. The zero-order chi connectivity index (χ0) is 14.1. The van der Waals surface area contributed by atoms with Crippen LogP contribution < -0.4 is 0 Å². The van der Waals surface area contributed by atoms with Crippen LogP contribution in [0.3, 0.4) is 0 Å². The van der Waals surface area contributed by atoms with E-state index in [4.69, 9.17) is 16.0 Å². The molecule has 3 rings (SSSR count). The minimum atomic E-state index is -0.671. The van der Waals surface area contributed by atoms with Gasteiger partial charge < -0.3 is 9.52 Å². The van der Waals surface area contributed by atoms with Crippen molar-refractivity contribution in [2.24, 2.45) is 0 Å². The topological polar surface area (TPSA) is 33.4 Å². The lowest BCUT2D eigenvalue weighted by atomic mass is 10.1. The summed E-state index contributed by atoms with van der Waals surface area (Å²) in [6, 6.07) is 15.1. The predicted molar refractivity (Wildman–Crippen MR) is 84.0 cm³/mol. The number of aliphatic hydroxyl groups excluding tert-OH is 1. The summed E-state index contributed by atoms with van der Waals surface area (Å²) in [5, 5.41) is 12.0. The van der Waals surface area contributed by atoms with Gasteiger partial charge in [0.15, 0.2) is 0 Å². The molecule has 0 spiro atoms. The van der Waals surface area contributed by atoms with Crippen molar-refractivity contribution in [3.63, 3.8) is 0 Å². The van der Waals surface area contributed by atoms with E-state index >= 15 is 0 Å². The first-order valence-corrected chi connectivity index (χ1v) is 7.41. The summed E-state index contributed by atoms with van der Waals surface area (Å²) in [5.41, 5.74) is 1.78. The molecule has 0 radical (unpaired) electrons. The number of hydrogen-bond donors (Lipinski definition) is 1. The lowest BCUT2D eigenvalue weighted by Gasteiger charge is -2.07. The first-order chi connectivity index (χ1) is 9.63. The maximum absolute atomic E-state index is 10.3. The molecular weight excluding hydrogens is 340 g/mol. The van der Waals surface area contributed by atoms with E-state index < -0.39 is 6.10 Å². The SMILES string of the molecule is OC(Cc1ccc(Cl)cc1)c1cc2cccc(Br)c2o1. The minimum absolute atomic E-state index is 0.495. The molecule has 0 saturated carbocycles. The van der Waals surface area contributed by atoms with Gasteiger partial charge in [-0.05, 0) is 45.8 Å². The first-order valence-electron chi connectivity index (χ1n) is 6.24. The van der Waals surface area contributed by atoms with Crippen LogP contribution in [-0.4, -0.2) is 5.11 Å². The monoisotopic (exact) mass is 350 g/mol. The number of furan rings is 1. The number of rotatable bonds is 3. The lowest BCUT2D eigenvalue weighted by Crippen LogP contribution is -2.00. The quantitative estimate of drug-likeness (QED) is 0.710. The molecule has 0 bridgehead atoms. The molecule has 4 heteroatoms. The lowest BCUT2D eigenvalue weighted by molar-refractivity contribution is 0.152. The van der Waals surface area contributed by atoms with Crippen LogP contribution in [0.2, 0.25) is 5.02 Å². The Morgan fingerprint density at radius 3 is 2.60 bits per heavy atom. The number of fused-ring (bicyclic) bond motifs is 1. The molecule has 1 atom stereocenters. The molecule has 1 N–H and O–H groups in total. The van der Waals surface area contributed by atoms with Gasteiger partial charge in [0.25, 0.3) is 0 Å². The highest BCUT2D eigenvalue weighted by molar-refractivity contribution is 9.10. The molecule has 20 heavy (non-hydrogen) atoms. The maximum Gasteiger partial charge on any atom is 0.148 e. The summed E-state index contributed by atoms with van der Waals surface area (Å²) in [7, 11) is 0. The molecule has 0 fully saturated rings. The van der Waals surface area contributed by atoms with Gasteiger partial charge in [-0.25, -0.2) is 0 Å². The van der Waals surface area contributed by atoms with E-state index in [1.807, 2.05) is 48.5 Å². The predicted octanol–water partition coefficient (Wildman–Crippen LogP) is 5.12. The van der Waals surface area contributed by atoms with E-state index in [1.165, 1.54) is 0 Å². The van der Waals surface area contributed by atoms with Gasteiger partial charge >= 0.3 is 0 Å². The van der Waals surface area contributed by atoms with Gasteiger partial charge in [-0.1, -0.05) is 35.9 Å². The molecule has 0 aliphatic rings. The van der Waals surface area contributed by atoms with Crippen LogP contribution in [0.25, 0.3) is 11.0 Å². The molecule has 0 aliphatic carbocycles. The average Bonchev–Trinajstić information content (AvgIpc) is 2.87. The number of hydrogen-bond acceptors (Lipinski definition) is 2. The van der Waals surface area contributed by atoms with Gasteiger partial charge in [0.2, 0.25) is 0 Å². The fourth-order valence-corrected chi connectivity index (χ4v) is 2.74. The molecule has 102 valence electrons. The molecule has 0 amide bonds. The summed E-state index contributed by atoms with van der Waals surface area (Å²) in [6.45, 7) is 0. The average molecular weight is 352 g/mol. The third-order valence-corrected chi connectivity index (χ3v) is 4.06. The van der Waals surface area contributed by atoms with Gasteiger partial charge in [0.05, 0.1) is 4.47 Å². The van der Waals surface area contributed by atoms with Gasteiger partial charge in [-0.2, -0.15) is 0 Å². The molecule has 3 aromatic rings. The van der Waals surface area contributed by atoms with Crippen molar-refractivity contribution < 1.29 is 9.52 Å². The molecule has 1 unspecified atom stereocenters. The second-order valence-corrected chi connectivity index (χ2v) is 5.94. The number of halogens is 2. The molecule has 0 saturated heterocycles. The van der Waals surface area contributed by atoms with Crippen molar-refractivity contribution in [2.75, 3.05) is 0 Å². The fraction of sp³-hybridized carbons (Fsp3) is 0.125. The fourth-order valence-electron chi connectivity index (χ4n) is 2.16. The minimum Gasteiger partial charge on any atom is -0.457 e. The van der Waals surface area contributed by atoms with Crippen LogP contribution in [0, 0.1) is 0 Å². The highest BCUT2D eigenvalue weighted by Gasteiger charge is 2.15. The van der Waals surface area contributed by atoms with Crippen molar-refractivity contribution in [1.29, 1.82) is 0 Å². The van der Waals surface area contributed by atoms with Gasteiger partial charge in [0.1, 0.15) is 17.4 Å². The van der Waals surface area contributed by atoms with Gasteiger partial charge in [0, 0.05) is 16.8 Å².